The molecule has 2 N–H and O–H groups in total. The topological polar surface area (TPSA) is 54.3 Å². The molecule has 5 heteroatoms. The van der Waals surface area contributed by atoms with Gasteiger partial charge in [-0.15, -0.1) is 0 Å². The zero-order chi connectivity index (χ0) is 22.0. The van der Waals surface area contributed by atoms with Gasteiger partial charge in [-0.2, -0.15) is 0 Å². The molecule has 0 saturated carbocycles. The van der Waals surface area contributed by atoms with Gasteiger partial charge in [-0.05, 0) is 42.7 Å². The van der Waals surface area contributed by atoms with Crippen molar-refractivity contribution in [2.45, 2.75) is 33.5 Å². The van der Waals surface area contributed by atoms with Crippen LogP contribution in [-0.4, -0.2) is 15.6 Å². The largest absolute Gasteiger partial charge is 0.477 e. The molecule has 0 amide bonds. The third-order valence-electron chi connectivity index (χ3n) is 5.69. The lowest BCUT2D eigenvalue weighted by atomic mass is 10.1. The molecule has 1 aromatic heterocycles. The molecule has 4 aromatic rings. The van der Waals surface area contributed by atoms with Crippen molar-refractivity contribution in [2.24, 2.45) is 0 Å². The summed E-state index contributed by atoms with van der Waals surface area (Å²) in [7, 11) is 0. The third kappa shape index (κ3) is 4.36. The molecular weight excluding hydrogens is 408 g/mol. The number of carboxylic acid groups (broad SMARTS) is 1. The maximum Gasteiger partial charge on any atom is 0.352 e. The van der Waals surface area contributed by atoms with Gasteiger partial charge in [-0.1, -0.05) is 71.8 Å². The van der Waals surface area contributed by atoms with Crippen LogP contribution in [-0.2, 0) is 19.6 Å². The highest BCUT2D eigenvalue weighted by atomic mass is 35.5. The monoisotopic (exact) mass is 432 g/mol. The second-order valence-corrected chi connectivity index (χ2v) is 8.27. The summed E-state index contributed by atoms with van der Waals surface area (Å²) in [6.45, 7) is 5.63. The Morgan fingerprint density at radius 3 is 2.48 bits per heavy atom. The van der Waals surface area contributed by atoms with Gasteiger partial charge in [0.15, 0.2) is 0 Å². The number of aromatic carboxylic acids is 1. The lowest BCUT2D eigenvalue weighted by Crippen LogP contribution is -2.17. The van der Waals surface area contributed by atoms with Crippen LogP contribution in [0.3, 0.4) is 0 Å². The van der Waals surface area contributed by atoms with Crippen molar-refractivity contribution in [2.75, 3.05) is 0 Å². The van der Waals surface area contributed by atoms with Crippen molar-refractivity contribution in [3.05, 3.63) is 105 Å². The first-order valence-electron chi connectivity index (χ1n) is 10.3. The minimum atomic E-state index is -0.920. The van der Waals surface area contributed by atoms with Gasteiger partial charge in [0.2, 0.25) is 0 Å². The average Bonchev–Trinajstić information content (AvgIpc) is 3.06. The predicted octanol–water partition coefficient (Wildman–Crippen LogP) is 5.95. The van der Waals surface area contributed by atoms with Gasteiger partial charge in [-0.3, -0.25) is 0 Å². The molecule has 0 unspecified atom stereocenters. The fraction of sp³-hybridized carbons (Fsp3) is 0.192. The number of hydrogen-bond donors (Lipinski definition) is 2. The average molecular weight is 433 g/mol. The summed E-state index contributed by atoms with van der Waals surface area (Å²) in [5.41, 5.74) is 6.47. The van der Waals surface area contributed by atoms with E-state index in [-0.39, 0.29) is 0 Å². The van der Waals surface area contributed by atoms with E-state index in [9.17, 15) is 9.90 Å². The second-order valence-electron chi connectivity index (χ2n) is 7.86. The molecule has 0 aliphatic carbocycles. The molecule has 0 aliphatic rings. The Morgan fingerprint density at radius 2 is 1.71 bits per heavy atom. The number of aryl methyl sites for hydroxylation is 2. The van der Waals surface area contributed by atoms with Crippen LogP contribution < -0.4 is 5.32 Å². The van der Waals surface area contributed by atoms with Crippen LogP contribution in [0.2, 0.25) is 5.02 Å². The first-order valence-corrected chi connectivity index (χ1v) is 10.7. The summed E-state index contributed by atoms with van der Waals surface area (Å²) in [5.74, 6) is -0.920. The van der Waals surface area contributed by atoms with Gasteiger partial charge in [0, 0.05) is 41.1 Å². The Kier molecular flexibility index (Phi) is 6.12. The molecule has 4 nitrogen and oxygen atoms in total. The highest BCUT2D eigenvalue weighted by Gasteiger charge is 2.22. The number of para-hydroxylation sites is 1. The second kappa shape index (κ2) is 8.96. The molecule has 0 fully saturated rings. The van der Waals surface area contributed by atoms with Crippen LogP contribution in [0, 0.1) is 13.8 Å². The minimum absolute atomic E-state index is 0.328. The van der Waals surface area contributed by atoms with Crippen molar-refractivity contribution in [3.8, 4) is 0 Å². The minimum Gasteiger partial charge on any atom is -0.477 e. The van der Waals surface area contributed by atoms with Gasteiger partial charge >= 0.3 is 5.97 Å². The number of fused-ring (bicyclic) bond motifs is 1. The number of rotatable bonds is 7. The van der Waals surface area contributed by atoms with E-state index in [1.165, 1.54) is 0 Å². The fourth-order valence-corrected chi connectivity index (χ4v) is 4.27. The molecule has 0 spiro atoms. The molecule has 0 radical (unpaired) electrons. The first-order chi connectivity index (χ1) is 15.0. The van der Waals surface area contributed by atoms with E-state index in [2.05, 4.69) is 37.4 Å². The molecule has 0 saturated heterocycles. The molecular formula is C26H25ClN2O2. The maximum absolute atomic E-state index is 12.4. The van der Waals surface area contributed by atoms with Crippen molar-refractivity contribution >= 4 is 28.5 Å². The van der Waals surface area contributed by atoms with Crippen molar-refractivity contribution in [1.29, 1.82) is 0 Å². The molecule has 3 aromatic carbocycles. The molecule has 0 atom stereocenters. The summed E-state index contributed by atoms with van der Waals surface area (Å²) in [5, 5.41) is 15.2. The standard InChI is InChI=1S/C26H25ClN2O2/c1-17-11-12-18(2)20(13-17)16-29-24-10-6-4-8-21(24)22(25(29)26(30)31)15-28-14-19-7-3-5-9-23(19)27/h3-13,28H,14-16H2,1-2H3,(H,30,31). The van der Waals surface area contributed by atoms with Crippen molar-refractivity contribution < 1.29 is 9.90 Å². The van der Waals surface area contributed by atoms with E-state index in [0.29, 0.717) is 30.4 Å². The fourth-order valence-electron chi connectivity index (χ4n) is 4.07. The number of nitrogens with zero attached hydrogens (tertiary/aromatic N) is 1. The van der Waals surface area contributed by atoms with E-state index in [0.717, 1.165) is 38.7 Å². The van der Waals surface area contributed by atoms with E-state index >= 15 is 0 Å². The number of carbonyl (C=O) groups is 1. The SMILES string of the molecule is Cc1ccc(C)c(Cn2c(C(=O)O)c(CNCc3ccccc3Cl)c3ccccc32)c1. The number of halogens is 1. The summed E-state index contributed by atoms with van der Waals surface area (Å²) in [4.78, 5) is 12.4. The van der Waals surface area contributed by atoms with Crippen LogP contribution in [0.15, 0.2) is 66.7 Å². The molecule has 0 aliphatic heterocycles. The van der Waals surface area contributed by atoms with Gasteiger partial charge in [0.1, 0.15) is 5.69 Å². The van der Waals surface area contributed by atoms with E-state index in [1.807, 2.05) is 53.1 Å². The summed E-state index contributed by atoms with van der Waals surface area (Å²) in [6, 6.07) is 21.9. The smallest absolute Gasteiger partial charge is 0.352 e. The van der Waals surface area contributed by atoms with Gasteiger partial charge in [0.05, 0.1) is 0 Å². The molecule has 0 bridgehead atoms. The Labute approximate surface area is 187 Å². The quantitative estimate of drug-likeness (QED) is 0.379. The molecule has 1 heterocycles. The van der Waals surface area contributed by atoms with Gasteiger partial charge in [-0.25, -0.2) is 4.79 Å². The zero-order valence-electron chi connectivity index (χ0n) is 17.7. The highest BCUT2D eigenvalue weighted by molar-refractivity contribution is 6.31. The predicted molar refractivity (Wildman–Crippen MR) is 126 cm³/mol. The maximum atomic E-state index is 12.4. The first kappa shape index (κ1) is 21.2. The number of benzene rings is 3. The number of nitrogens with one attached hydrogen (secondary N) is 1. The van der Waals surface area contributed by atoms with Crippen LogP contribution in [0.5, 0.6) is 0 Å². The third-order valence-corrected chi connectivity index (χ3v) is 6.06. The molecule has 31 heavy (non-hydrogen) atoms. The lowest BCUT2D eigenvalue weighted by Gasteiger charge is -2.13. The number of hydrogen-bond acceptors (Lipinski definition) is 2. The normalized spacial score (nSPS) is 11.2. The van der Waals surface area contributed by atoms with Crippen molar-refractivity contribution in [1.82, 2.24) is 9.88 Å². The Morgan fingerprint density at radius 1 is 0.968 bits per heavy atom. The van der Waals surface area contributed by atoms with Crippen molar-refractivity contribution in [3.63, 3.8) is 0 Å². The Balaban J connectivity index is 1.73. The van der Waals surface area contributed by atoms with Crippen LogP contribution in [0.25, 0.3) is 10.9 Å². The summed E-state index contributed by atoms with van der Waals surface area (Å²) < 4.78 is 1.92. The summed E-state index contributed by atoms with van der Waals surface area (Å²) >= 11 is 6.27. The zero-order valence-corrected chi connectivity index (χ0v) is 18.4. The molecule has 158 valence electrons. The lowest BCUT2D eigenvalue weighted by molar-refractivity contribution is 0.0684. The van der Waals surface area contributed by atoms with Gasteiger partial charge < -0.3 is 15.0 Å². The highest BCUT2D eigenvalue weighted by Crippen LogP contribution is 2.28. The van der Waals surface area contributed by atoms with E-state index < -0.39 is 5.97 Å². The van der Waals surface area contributed by atoms with Crippen LogP contribution >= 0.6 is 11.6 Å². The number of aromatic nitrogens is 1. The number of carboxylic acids is 1. The van der Waals surface area contributed by atoms with E-state index in [1.54, 1.807) is 0 Å². The van der Waals surface area contributed by atoms with Crippen LogP contribution in [0.1, 0.15) is 38.3 Å². The summed E-state index contributed by atoms with van der Waals surface area (Å²) in [6.07, 6.45) is 0. The molecule has 4 rings (SSSR count). The Bertz CT molecular complexity index is 1260. The Hall–Kier alpha value is -3.08. The van der Waals surface area contributed by atoms with Crippen LogP contribution in [0.4, 0.5) is 0 Å². The van der Waals surface area contributed by atoms with Gasteiger partial charge in [0.25, 0.3) is 0 Å². The van der Waals surface area contributed by atoms with E-state index in [4.69, 9.17) is 11.6 Å².